The second-order valence-corrected chi connectivity index (χ2v) is 6.97. The zero-order valence-corrected chi connectivity index (χ0v) is 15.4. The van der Waals surface area contributed by atoms with E-state index in [1.165, 1.54) is 11.3 Å². The molecule has 1 aromatic heterocycles. The van der Waals surface area contributed by atoms with Crippen molar-refractivity contribution in [2.24, 2.45) is 17.2 Å². The summed E-state index contributed by atoms with van der Waals surface area (Å²) in [7, 11) is 0. The summed E-state index contributed by atoms with van der Waals surface area (Å²) in [4.78, 5) is 34.2. The van der Waals surface area contributed by atoms with Crippen LogP contribution in [0.5, 0.6) is 0 Å². The zero-order valence-electron chi connectivity index (χ0n) is 14.6. The number of hydrogen-bond acceptors (Lipinski definition) is 5. The summed E-state index contributed by atoms with van der Waals surface area (Å²) >= 11 is 1.18. The highest BCUT2D eigenvalue weighted by atomic mass is 32.1. The third kappa shape index (κ3) is 5.40. The van der Waals surface area contributed by atoms with E-state index < -0.39 is 23.9 Å². The molecule has 0 saturated carbocycles. The summed E-state index contributed by atoms with van der Waals surface area (Å²) in [6, 6.07) is 5.58. The van der Waals surface area contributed by atoms with Crippen molar-refractivity contribution in [3.63, 3.8) is 0 Å². The van der Waals surface area contributed by atoms with Crippen molar-refractivity contribution in [1.82, 2.24) is 0 Å². The molecule has 0 aliphatic carbocycles. The second-order valence-electron chi connectivity index (χ2n) is 5.92. The van der Waals surface area contributed by atoms with Crippen LogP contribution < -0.4 is 22.5 Å². The number of hydrogen-bond donors (Lipinski definition) is 5. The average Bonchev–Trinajstić information content (AvgIpc) is 2.97. The molecular formula is C18H20N4O4S. The number of amides is 3. The van der Waals surface area contributed by atoms with E-state index in [1.54, 1.807) is 18.2 Å². The second kappa shape index (κ2) is 8.47. The topological polar surface area (TPSA) is 162 Å². The molecule has 27 heavy (non-hydrogen) atoms. The van der Waals surface area contributed by atoms with Crippen molar-refractivity contribution in [2.45, 2.75) is 19.4 Å². The van der Waals surface area contributed by atoms with Gasteiger partial charge in [-0.2, -0.15) is 0 Å². The van der Waals surface area contributed by atoms with Crippen molar-refractivity contribution >= 4 is 40.3 Å². The van der Waals surface area contributed by atoms with Crippen LogP contribution in [0.4, 0.5) is 9.80 Å². The number of nitrogens with two attached hydrogens (primary N) is 3. The number of carboxylic acid groups (broad SMARTS) is 1. The molecule has 0 spiro atoms. The van der Waals surface area contributed by atoms with Gasteiger partial charge in [-0.1, -0.05) is 24.3 Å². The predicted molar refractivity (Wildman–Crippen MR) is 105 cm³/mol. The van der Waals surface area contributed by atoms with Gasteiger partial charge in [-0.15, -0.1) is 11.3 Å². The van der Waals surface area contributed by atoms with E-state index in [4.69, 9.17) is 22.3 Å². The van der Waals surface area contributed by atoms with E-state index >= 15 is 0 Å². The molecule has 8 nitrogen and oxygen atoms in total. The van der Waals surface area contributed by atoms with Crippen LogP contribution in [-0.2, 0) is 4.79 Å². The molecule has 142 valence electrons. The van der Waals surface area contributed by atoms with Crippen LogP contribution >= 0.6 is 11.3 Å². The summed E-state index contributed by atoms with van der Waals surface area (Å²) in [6.45, 7) is 1.91. The normalized spacial score (nSPS) is 12.1. The van der Waals surface area contributed by atoms with Crippen molar-refractivity contribution in [1.29, 1.82) is 0 Å². The van der Waals surface area contributed by atoms with E-state index in [-0.39, 0.29) is 17.0 Å². The highest BCUT2D eigenvalue weighted by Gasteiger charge is 2.16. The Morgan fingerprint density at radius 1 is 1.22 bits per heavy atom. The van der Waals surface area contributed by atoms with Crippen molar-refractivity contribution in [3.8, 4) is 10.4 Å². The molecule has 0 saturated heterocycles. The monoisotopic (exact) mass is 388 g/mol. The Kier molecular flexibility index (Phi) is 6.32. The maximum Gasteiger partial charge on any atom is 0.320 e. The summed E-state index contributed by atoms with van der Waals surface area (Å²) in [5, 5.41) is 11.5. The molecule has 1 heterocycles. The molecule has 8 N–H and O–H groups in total. The van der Waals surface area contributed by atoms with Gasteiger partial charge in [0.05, 0.1) is 5.56 Å². The number of carbonyl (C=O) groups excluding carboxylic acids is 2. The number of thiophene rings is 1. The third-order valence-electron chi connectivity index (χ3n) is 3.64. The summed E-state index contributed by atoms with van der Waals surface area (Å²) in [6.07, 6.45) is 3.68. The molecule has 3 amide bonds. The van der Waals surface area contributed by atoms with Crippen molar-refractivity contribution in [2.75, 3.05) is 5.32 Å². The predicted octanol–water partition coefficient (Wildman–Crippen LogP) is 2.13. The number of urea groups is 1. The maximum absolute atomic E-state index is 11.6. The van der Waals surface area contributed by atoms with Crippen LogP contribution in [0.3, 0.4) is 0 Å². The lowest BCUT2D eigenvalue weighted by molar-refractivity contribution is -0.138. The van der Waals surface area contributed by atoms with Gasteiger partial charge in [0, 0.05) is 4.88 Å². The first-order chi connectivity index (χ1) is 12.7. The number of aliphatic carboxylic acids is 1. The van der Waals surface area contributed by atoms with Gasteiger partial charge in [-0.3, -0.25) is 14.9 Å². The smallest absolute Gasteiger partial charge is 0.320 e. The van der Waals surface area contributed by atoms with Crippen LogP contribution in [0.15, 0.2) is 30.3 Å². The number of benzene rings is 1. The fraction of sp³-hybridized carbons (Fsp3) is 0.167. The Morgan fingerprint density at radius 3 is 2.52 bits per heavy atom. The lowest BCUT2D eigenvalue weighted by Crippen LogP contribution is -2.29. The Hall–Kier alpha value is -3.17. The van der Waals surface area contributed by atoms with E-state index in [2.05, 4.69) is 5.32 Å². The highest BCUT2D eigenvalue weighted by molar-refractivity contribution is 7.20. The molecular weight excluding hydrogens is 368 g/mol. The molecule has 2 aromatic rings. The molecule has 0 unspecified atom stereocenters. The van der Waals surface area contributed by atoms with E-state index in [0.717, 1.165) is 21.6 Å². The largest absolute Gasteiger partial charge is 0.480 e. The number of nitrogens with one attached hydrogen (secondary N) is 1. The standard InChI is InChI=1S/C18H20N4O4S/c1-9-5-10(3-2-4-13(19)17(24)25)7-11(6-9)14-8-12(15(20)23)16(27-14)22-18(21)26/h2-3,5-8,13H,4,19H2,1H3,(H2,20,23)(H,24,25)(H3,21,22,26)/b3-2+/t13-/m0/s1. The van der Waals surface area contributed by atoms with Gasteiger partial charge in [-0.25, -0.2) is 4.79 Å². The number of aryl methyl sites for hydroxylation is 1. The molecule has 0 radical (unpaired) electrons. The summed E-state index contributed by atoms with van der Waals surface area (Å²) < 4.78 is 0. The first kappa shape index (κ1) is 20.1. The van der Waals surface area contributed by atoms with Crippen molar-refractivity contribution in [3.05, 3.63) is 47.0 Å². The van der Waals surface area contributed by atoms with Gasteiger partial charge in [0.2, 0.25) is 0 Å². The van der Waals surface area contributed by atoms with Crippen LogP contribution in [0, 0.1) is 6.92 Å². The van der Waals surface area contributed by atoms with Gasteiger partial charge in [0.25, 0.3) is 5.91 Å². The van der Waals surface area contributed by atoms with Gasteiger partial charge in [-0.05, 0) is 42.2 Å². The highest BCUT2D eigenvalue weighted by Crippen LogP contribution is 2.36. The first-order valence-corrected chi connectivity index (χ1v) is 8.76. The number of carbonyl (C=O) groups is 3. The molecule has 0 aliphatic heterocycles. The maximum atomic E-state index is 11.6. The minimum absolute atomic E-state index is 0.180. The molecule has 0 fully saturated rings. The molecule has 2 rings (SSSR count). The Labute approximate surface area is 159 Å². The Bertz CT molecular complexity index is 920. The summed E-state index contributed by atoms with van der Waals surface area (Å²) in [5.41, 5.74) is 18.8. The number of rotatable bonds is 7. The number of primary amides is 2. The minimum atomic E-state index is -1.06. The quantitative estimate of drug-likeness (QED) is 0.490. The van der Waals surface area contributed by atoms with E-state index in [1.807, 2.05) is 25.1 Å². The van der Waals surface area contributed by atoms with Gasteiger partial charge >= 0.3 is 12.0 Å². The van der Waals surface area contributed by atoms with Crippen LogP contribution in [0.25, 0.3) is 16.5 Å². The van der Waals surface area contributed by atoms with E-state index in [0.29, 0.717) is 0 Å². The van der Waals surface area contributed by atoms with E-state index in [9.17, 15) is 14.4 Å². The fourth-order valence-corrected chi connectivity index (χ4v) is 3.48. The number of anilines is 1. The van der Waals surface area contributed by atoms with Gasteiger partial charge < -0.3 is 22.3 Å². The molecule has 0 aliphatic rings. The molecule has 1 atom stereocenters. The first-order valence-electron chi connectivity index (χ1n) is 7.94. The third-order valence-corrected chi connectivity index (χ3v) is 4.74. The zero-order chi connectivity index (χ0) is 20.1. The van der Waals surface area contributed by atoms with Gasteiger partial charge in [0.1, 0.15) is 11.0 Å². The summed E-state index contributed by atoms with van der Waals surface area (Å²) in [5.74, 6) is -1.73. The molecule has 9 heteroatoms. The van der Waals surface area contributed by atoms with Crippen molar-refractivity contribution < 1.29 is 19.5 Å². The lowest BCUT2D eigenvalue weighted by atomic mass is 10.0. The SMILES string of the molecule is Cc1cc(/C=C/C[C@H](N)C(=O)O)cc(-c2cc(C(N)=O)c(NC(N)=O)s2)c1. The lowest BCUT2D eigenvalue weighted by Gasteiger charge is -2.04. The molecule has 1 aromatic carbocycles. The van der Waals surface area contributed by atoms with Crippen LogP contribution in [-0.4, -0.2) is 29.1 Å². The van der Waals surface area contributed by atoms with Gasteiger partial charge in [0.15, 0.2) is 0 Å². The Morgan fingerprint density at radius 2 is 1.93 bits per heavy atom. The molecule has 0 bridgehead atoms. The van der Waals surface area contributed by atoms with Crippen LogP contribution in [0.2, 0.25) is 0 Å². The Balaban J connectivity index is 2.35. The average molecular weight is 388 g/mol. The fourth-order valence-electron chi connectivity index (χ4n) is 2.42. The number of carboxylic acids is 1. The minimum Gasteiger partial charge on any atom is -0.480 e. The van der Waals surface area contributed by atoms with Crippen LogP contribution in [0.1, 0.15) is 27.9 Å².